The zero-order valence-electron chi connectivity index (χ0n) is 19.5. The van der Waals surface area contributed by atoms with Crippen molar-refractivity contribution in [3.8, 4) is 5.69 Å². The van der Waals surface area contributed by atoms with Gasteiger partial charge in [-0.2, -0.15) is 4.68 Å². The minimum absolute atomic E-state index is 0.0318. The third-order valence-electron chi connectivity index (χ3n) is 6.48. The monoisotopic (exact) mass is 507 g/mol. The van der Waals surface area contributed by atoms with Crippen LogP contribution in [0, 0.1) is 23.0 Å². The van der Waals surface area contributed by atoms with Crippen molar-refractivity contribution in [2.75, 3.05) is 18.4 Å². The first-order chi connectivity index (χ1) is 17.8. The molecular formula is C25H23F2N7O3. The highest BCUT2D eigenvalue weighted by atomic mass is 19.1. The fourth-order valence-corrected chi connectivity index (χ4v) is 4.40. The van der Waals surface area contributed by atoms with Gasteiger partial charge in [0.15, 0.2) is 6.29 Å². The number of hydrogen-bond acceptors (Lipinski definition) is 7. The van der Waals surface area contributed by atoms with Crippen molar-refractivity contribution in [3.63, 3.8) is 0 Å². The van der Waals surface area contributed by atoms with Crippen LogP contribution in [0.15, 0.2) is 54.6 Å². The molecule has 0 spiro atoms. The van der Waals surface area contributed by atoms with Gasteiger partial charge in [-0.3, -0.25) is 10.2 Å². The molecular weight excluding hydrogens is 484 g/mol. The highest BCUT2D eigenvalue weighted by molar-refractivity contribution is 6.03. The van der Waals surface area contributed by atoms with Crippen LogP contribution in [-0.4, -0.2) is 66.4 Å². The number of carbonyl (C=O) groups excluding carboxylic acids is 1. The second kappa shape index (κ2) is 9.99. The van der Waals surface area contributed by atoms with Crippen LogP contribution in [0.1, 0.15) is 29.0 Å². The molecule has 1 aliphatic heterocycles. The Balaban J connectivity index is 1.33. The van der Waals surface area contributed by atoms with Crippen molar-refractivity contribution in [1.29, 1.82) is 5.41 Å². The molecule has 5 rings (SSSR count). The van der Waals surface area contributed by atoms with E-state index in [-0.39, 0.29) is 29.0 Å². The molecule has 0 radical (unpaired) electrons. The number of aliphatic hydroxyl groups excluding tert-OH is 1. The SMILES string of the molecule is N=C(c1ccc(NC(=O)c2nnnn2-c2cc3ccccc3cc2F)c(F)c1)N1CCC(C(O)O)CC1. The van der Waals surface area contributed by atoms with Gasteiger partial charge >= 0.3 is 0 Å². The number of piperidine rings is 1. The van der Waals surface area contributed by atoms with E-state index >= 15 is 0 Å². The molecule has 2 heterocycles. The van der Waals surface area contributed by atoms with Crippen molar-refractivity contribution in [3.05, 3.63) is 77.6 Å². The lowest BCUT2D eigenvalue weighted by atomic mass is 9.95. The second-order valence-corrected chi connectivity index (χ2v) is 8.80. The molecule has 1 saturated heterocycles. The largest absolute Gasteiger partial charge is 0.368 e. The summed E-state index contributed by atoms with van der Waals surface area (Å²) in [5, 5.41) is 41.8. The Kier molecular flexibility index (Phi) is 6.59. The fourth-order valence-electron chi connectivity index (χ4n) is 4.40. The Hall–Kier alpha value is -4.29. The topological polar surface area (TPSA) is 140 Å². The van der Waals surface area contributed by atoms with Gasteiger partial charge in [0.2, 0.25) is 5.82 Å². The number of halogens is 2. The van der Waals surface area contributed by atoms with Crippen LogP contribution in [0.2, 0.25) is 0 Å². The van der Waals surface area contributed by atoms with E-state index in [4.69, 9.17) is 5.41 Å². The highest BCUT2D eigenvalue weighted by Gasteiger charge is 2.26. The number of rotatable bonds is 5. The number of fused-ring (bicyclic) bond motifs is 1. The van der Waals surface area contributed by atoms with Crippen molar-refractivity contribution in [2.24, 2.45) is 5.92 Å². The van der Waals surface area contributed by atoms with E-state index in [0.717, 1.165) is 16.1 Å². The summed E-state index contributed by atoms with van der Waals surface area (Å²) in [6.45, 7) is 0.879. The third kappa shape index (κ3) is 4.88. The molecule has 37 heavy (non-hydrogen) atoms. The lowest BCUT2D eigenvalue weighted by molar-refractivity contribution is -0.0950. The predicted octanol–water partition coefficient (Wildman–Crippen LogP) is 2.69. The van der Waals surface area contributed by atoms with Crippen LogP contribution in [0.5, 0.6) is 0 Å². The summed E-state index contributed by atoms with van der Waals surface area (Å²) in [5.74, 6) is -2.74. The van der Waals surface area contributed by atoms with Crippen molar-refractivity contribution in [2.45, 2.75) is 19.1 Å². The average Bonchev–Trinajstić information content (AvgIpc) is 3.39. The molecule has 4 aromatic rings. The molecule has 1 fully saturated rings. The summed E-state index contributed by atoms with van der Waals surface area (Å²) in [7, 11) is 0. The first-order valence-corrected chi connectivity index (χ1v) is 11.6. The molecule has 10 nitrogen and oxygen atoms in total. The van der Waals surface area contributed by atoms with E-state index in [2.05, 4.69) is 20.8 Å². The quantitative estimate of drug-likeness (QED) is 0.185. The molecule has 0 saturated carbocycles. The van der Waals surface area contributed by atoms with Crippen LogP contribution < -0.4 is 5.32 Å². The molecule has 1 aromatic heterocycles. The average molecular weight is 508 g/mol. The van der Waals surface area contributed by atoms with Crippen molar-refractivity contribution >= 4 is 28.2 Å². The van der Waals surface area contributed by atoms with E-state index in [1.54, 1.807) is 29.2 Å². The van der Waals surface area contributed by atoms with E-state index < -0.39 is 23.8 Å². The number of nitrogens with zero attached hydrogens (tertiary/aromatic N) is 5. The van der Waals surface area contributed by atoms with E-state index in [1.165, 1.54) is 24.3 Å². The van der Waals surface area contributed by atoms with Gasteiger partial charge in [-0.15, -0.1) is 5.10 Å². The molecule has 0 bridgehead atoms. The molecule has 190 valence electrons. The number of aliphatic hydroxyl groups is 2. The Bertz CT molecular complexity index is 1480. The van der Waals surface area contributed by atoms with Gasteiger partial charge in [-0.1, -0.05) is 24.3 Å². The van der Waals surface area contributed by atoms with Gasteiger partial charge in [0.1, 0.15) is 23.2 Å². The van der Waals surface area contributed by atoms with Gasteiger partial charge in [-0.05, 0) is 64.4 Å². The molecule has 3 aromatic carbocycles. The Morgan fingerprint density at radius 3 is 2.41 bits per heavy atom. The number of likely N-dealkylation sites (tertiary alicyclic amines) is 1. The Morgan fingerprint density at radius 1 is 1.03 bits per heavy atom. The van der Waals surface area contributed by atoms with Crippen molar-refractivity contribution < 1.29 is 23.8 Å². The number of amides is 1. The maximum atomic E-state index is 14.9. The maximum absolute atomic E-state index is 14.9. The fraction of sp³-hybridized carbons (Fsp3) is 0.240. The zero-order valence-corrected chi connectivity index (χ0v) is 19.5. The van der Waals surface area contributed by atoms with Gasteiger partial charge in [-0.25, -0.2) is 8.78 Å². The van der Waals surface area contributed by atoms with Crippen LogP contribution in [-0.2, 0) is 0 Å². The number of anilines is 1. The van der Waals surface area contributed by atoms with E-state index in [9.17, 15) is 23.8 Å². The van der Waals surface area contributed by atoms with E-state index in [0.29, 0.717) is 36.9 Å². The third-order valence-corrected chi connectivity index (χ3v) is 6.48. The van der Waals surface area contributed by atoms with Crippen molar-refractivity contribution in [1.82, 2.24) is 25.1 Å². The minimum Gasteiger partial charge on any atom is -0.368 e. The van der Waals surface area contributed by atoms with Gasteiger partial charge in [0.25, 0.3) is 5.91 Å². The molecule has 0 unspecified atom stereocenters. The molecule has 0 aliphatic carbocycles. The summed E-state index contributed by atoms with van der Waals surface area (Å²) in [5.41, 5.74) is 0.120. The highest BCUT2D eigenvalue weighted by Crippen LogP contribution is 2.24. The number of carbonyl (C=O) groups is 1. The zero-order chi connectivity index (χ0) is 26.1. The lowest BCUT2D eigenvalue weighted by Crippen LogP contribution is -2.41. The molecule has 0 atom stereocenters. The smallest absolute Gasteiger partial charge is 0.295 e. The number of benzene rings is 3. The second-order valence-electron chi connectivity index (χ2n) is 8.80. The molecule has 4 N–H and O–H groups in total. The van der Waals surface area contributed by atoms with Gasteiger partial charge in [0.05, 0.1) is 5.69 Å². The van der Waals surface area contributed by atoms with Crippen LogP contribution >= 0.6 is 0 Å². The Morgan fingerprint density at radius 2 is 1.73 bits per heavy atom. The van der Waals surface area contributed by atoms with Crippen LogP contribution in [0.4, 0.5) is 14.5 Å². The minimum atomic E-state index is -1.39. The van der Waals surface area contributed by atoms with Crippen LogP contribution in [0.25, 0.3) is 16.5 Å². The number of amidine groups is 1. The number of aromatic nitrogens is 4. The van der Waals surface area contributed by atoms with Crippen LogP contribution in [0.3, 0.4) is 0 Å². The molecule has 1 aliphatic rings. The summed E-state index contributed by atoms with van der Waals surface area (Å²) in [6.07, 6.45) is -0.387. The van der Waals surface area contributed by atoms with E-state index in [1.807, 2.05) is 0 Å². The first kappa shape index (κ1) is 24.4. The summed E-state index contributed by atoms with van der Waals surface area (Å²) >= 11 is 0. The summed E-state index contributed by atoms with van der Waals surface area (Å²) in [4.78, 5) is 14.6. The number of hydrogen-bond donors (Lipinski definition) is 4. The maximum Gasteiger partial charge on any atom is 0.295 e. The normalized spacial score (nSPS) is 14.4. The molecule has 12 heteroatoms. The van der Waals surface area contributed by atoms with Gasteiger partial charge in [0, 0.05) is 24.6 Å². The molecule has 1 amide bonds. The summed E-state index contributed by atoms with van der Waals surface area (Å²) < 4.78 is 30.6. The first-order valence-electron chi connectivity index (χ1n) is 11.6. The number of nitrogens with one attached hydrogen (secondary N) is 2. The van der Waals surface area contributed by atoms with Gasteiger partial charge < -0.3 is 20.4 Å². The predicted molar refractivity (Wildman–Crippen MR) is 130 cm³/mol. The number of tetrazole rings is 1. The summed E-state index contributed by atoms with van der Waals surface area (Å²) in [6, 6.07) is 13.9. The lowest BCUT2D eigenvalue weighted by Gasteiger charge is -2.34. The Labute approximate surface area is 209 Å². The standard InChI is InChI=1S/C25H23F2N7O3/c26-18-12-17(22(28)33-9-7-14(8-10-33)25(36)37)5-6-20(18)29-24(35)23-30-31-32-34(23)21-13-16-4-2-1-3-15(16)11-19(21)27/h1-6,11-14,25,28,36-37H,7-10H2,(H,29,35).